The molecule has 0 bridgehead atoms. The van der Waals surface area contributed by atoms with E-state index in [9.17, 15) is 4.79 Å². The molecule has 0 spiro atoms. The van der Waals surface area contributed by atoms with Crippen molar-refractivity contribution in [2.75, 3.05) is 6.61 Å². The van der Waals surface area contributed by atoms with Gasteiger partial charge in [-0.25, -0.2) is 0 Å². The molecular formula is C42H62O3SiSn. The molecule has 47 heavy (non-hydrogen) atoms. The number of benzene rings is 3. The third-order valence-corrected chi connectivity index (χ3v) is 30.4. The van der Waals surface area contributed by atoms with Gasteiger partial charge in [0, 0.05) is 0 Å². The van der Waals surface area contributed by atoms with Gasteiger partial charge in [0.25, 0.3) is 0 Å². The molecule has 3 aromatic rings. The predicted molar refractivity (Wildman–Crippen MR) is 207 cm³/mol. The van der Waals surface area contributed by atoms with Gasteiger partial charge in [-0.05, 0) is 0 Å². The zero-order valence-corrected chi connectivity index (χ0v) is 34.2. The SMILES string of the molecule is C=C([CH2][Sn]([CH2]CCC)([CH2]CCC)[CH2]CCC)[C@H](CCCO[Si](c1ccccc1)(c1ccccc1)C(C)(C)C)OC(=O)c1ccccc1. The molecule has 0 aromatic heterocycles. The van der Waals surface area contributed by atoms with Crippen LogP contribution in [0.15, 0.2) is 103 Å². The third-order valence-electron chi connectivity index (χ3n) is 9.84. The Morgan fingerprint density at radius 3 is 1.60 bits per heavy atom. The van der Waals surface area contributed by atoms with Gasteiger partial charge in [-0.2, -0.15) is 0 Å². The fourth-order valence-corrected chi connectivity index (χ4v) is 28.4. The standard InChI is InChI=1S/C30H35O3Si.3C4H9.Sn/c1-24(2)28(33-29(31)25-16-9-6-10-17-25)22-15-23-32-34(30(3,4)5,26-18-11-7-12-19-26)27-20-13-8-14-21-27;3*1-3-4-2;/h6-14,16-21,28H,1-2,15,22-23H2,3-5H3;3*1,3-4H2,2H3;/t28-;;;;/m0..../s1. The van der Waals surface area contributed by atoms with Gasteiger partial charge in [-0.1, -0.05) is 0 Å². The number of hydrogen-bond acceptors (Lipinski definition) is 3. The Kier molecular flexibility index (Phi) is 16.5. The molecule has 0 amide bonds. The maximum absolute atomic E-state index is 13.5. The summed E-state index contributed by atoms with van der Waals surface area (Å²) in [6.45, 7) is 19.2. The number of rotatable bonds is 21. The fourth-order valence-electron chi connectivity index (χ4n) is 7.26. The second kappa shape index (κ2) is 19.7. The first kappa shape index (κ1) is 39.3. The summed E-state index contributed by atoms with van der Waals surface area (Å²) in [6, 6.07) is 31.1. The molecule has 3 nitrogen and oxygen atoms in total. The van der Waals surface area contributed by atoms with Crippen molar-refractivity contribution < 1.29 is 14.0 Å². The van der Waals surface area contributed by atoms with Gasteiger partial charge in [-0.15, -0.1) is 0 Å². The van der Waals surface area contributed by atoms with Gasteiger partial charge in [0.15, 0.2) is 0 Å². The van der Waals surface area contributed by atoms with E-state index < -0.39 is 26.7 Å². The summed E-state index contributed by atoms with van der Waals surface area (Å²) in [4.78, 5) is 13.5. The molecule has 0 N–H and O–H groups in total. The Morgan fingerprint density at radius 1 is 0.723 bits per heavy atom. The van der Waals surface area contributed by atoms with Crippen molar-refractivity contribution >= 4 is 43.0 Å². The Labute approximate surface area is 292 Å². The number of unbranched alkanes of at least 4 members (excludes halogenated alkanes) is 3. The average Bonchev–Trinajstić information content (AvgIpc) is 3.08. The zero-order chi connectivity index (χ0) is 34.2. The molecule has 0 aliphatic rings. The maximum atomic E-state index is 13.5. The van der Waals surface area contributed by atoms with E-state index in [1.807, 2.05) is 30.3 Å². The summed E-state index contributed by atoms with van der Waals surface area (Å²) in [5.74, 6) is -0.249. The van der Waals surface area contributed by atoms with Crippen molar-refractivity contribution in [2.24, 2.45) is 0 Å². The Hall–Kier alpha value is -2.15. The molecule has 1 atom stereocenters. The second-order valence-corrected chi connectivity index (χ2v) is 32.7. The summed E-state index contributed by atoms with van der Waals surface area (Å²) in [6.07, 6.45) is 8.92. The quantitative estimate of drug-likeness (QED) is 0.0469. The van der Waals surface area contributed by atoms with Crippen LogP contribution in [0.3, 0.4) is 0 Å². The van der Waals surface area contributed by atoms with Crippen LogP contribution in [0.25, 0.3) is 0 Å². The Morgan fingerprint density at radius 2 is 1.17 bits per heavy atom. The first-order valence-electron chi connectivity index (χ1n) is 18.3. The van der Waals surface area contributed by atoms with E-state index in [1.54, 1.807) is 0 Å². The molecule has 0 saturated heterocycles. The molecular weight excluding hydrogens is 699 g/mol. The van der Waals surface area contributed by atoms with Crippen LogP contribution in [0, 0.1) is 0 Å². The van der Waals surface area contributed by atoms with Gasteiger partial charge in [0.05, 0.1) is 0 Å². The molecule has 5 heteroatoms. The summed E-state index contributed by atoms with van der Waals surface area (Å²) >= 11 is -2.56. The van der Waals surface area contributed by atoms with Crippen molar-refractivity contribution in [3.8, 4) is 0 Å². The number of ether oxygens (including phenoxy) is 1. The van der Waals surface area contributed by atoms with Crippen LogP contribution in [0.2, 0.25) is 22.8 Å². The first-order valence-corrected chi connectivity index (χ1v) is 28.3. The van der Waals surface area contributed by atoms with E-state index in [2.05, 4.69) is 102 Å². The minimum atomic E-state index is -2.64. The third kappa shape index (κ3) is 11.2. The number of carbonyl (C=O) groups is 1. The summed E-state index contributed by atoms with van der Waals surface area (Å²) in [5, 5.41) is 2.50. The average molecular weight is 762 g/mol. The van der Waals surface area contributed by atoms with Crippen LogP contribution in [-0.4, -0.2) is 45.4 Å². The van der Waals surface area contributed by atoms with Gasteiger partial charge in [0.1, 0.15) is 0 Å². The normalized spacial score (nSPS) is 12.9. The topological polar surface area (TPSA) is 35.5 Å². The Balaban J connectivity index is 1.89. The molecule has 0 fully saturated rings. The van der Waals surface area contributed by atoms with Crippen LogP contribution < -0.4 is 10.4 Å². The van der Waals surface area contributed by atoms with Crippen LogP contribution in [0.5, 0.6) is 0 Å². The van der Waals surface area contributed by atoms with Gasteiger partial charge in [0.2, 0.25) is 0 Å². The first-order chi connectivity index (χ1) is 22.6. The Bertz CT molecular complexity index is 1260. The molecule has 0 saturated carbocycles. The van der Waals surface area contributed by atoms with Crippen molar-refractivity contribution in [2.45, 2.75) is 122 Å². The van der Waals surface area contributed by atoms with Crippen LogP contribution >= 0.6 is 0 Å². The number of hydrogen-bond donors (Lipinski definition) is 0. The van der Waals surface area contributed by atoms with Crippen molar-refractivity contribution in [1.82, 2.24) is 0 Å². The fraction of sp³-hybridized carbons (Fsp3) is 0.500. The van der Waals surface area contributed by atoms with Crippen molar-refractivity contribution in [1.29, 1.82) is 0 Å². The van der Waals surface area contributed by atoms with Gasteiger partial charge in [-0.3, -0.25) is 0 Å². The summed E-state index contributed by atoms with van der Waals surface area (Å²) < 4.78 is 19.0. The zero-order valence-electron chi connectivity index (χ0n) is 30.4. The molecule has 0 aliphatic heterocycles. The van der Waals surface area contributed by atoms with Crippen molar-refractivity contribution in [3.63, 3.8) is 0 Å². The predicted octanol–water partition coefficient (Wildman–Crippen LogP) is 11.0. The summed E-state index contributed by atoms with van der Waals surface area (Å²) in [7, 11) is -2.64. The molecule has 0 aliphatic carbocycles. The molecule has 0 unspecified atom stereocenters. The van der Waals surface area contributed by atoms with E-state index in [0.29, 0.717) is 12.2 Å². The molecule has 0 heterocycles. The number of esters is 1. The number of carbonyl (C=O) groups excluding carboxylic acids is 1. The van der Waals surface area contributed by atoms with Crippen molar-refractivity contribution in [3.05, 3.63) is 109 Å². The van der Waals surface area contributed by atoms with Crippen LogP contribution in [0.4, 0.5) is 0 Å². The molecule has 256 valence electrons. The molecule has 0 radical (unpaired) electrons. The van der Waals surface area contributed by atoms with E-state index in [4.69, 9.17) is 15.7 Å². The van der Waals surface area contributed by atoms with E-state index in [0.717, 1.165) is 22.9 Å². The molecule has 3 rings (SSSR count). The van der Waals surface area contributed by atoms with E-state index in [-0.39, 0.29) is 17.1 Å². The monoisotopic (exact) mass is 762 g/mol. The van der Waals surface area contributed by atoms with E-state index in [1.165, 1.54) is 62.2 Å². The minimum absolute atomic E-state index is 0.0790. The van der Waals surface area contributed by atoms with Gasteiger partial charge < -0.3 is 0 Å². The van der Waals surface area contributed by atoms with Gasteiger partial charge >= 0.3 is 294 Å². The van der Waals surface area contributed by atoms with E-state index >= 15 is 0 Å². The second-order valence-electron chi connectivity index (χ2n) is 14.6. The summed E-state index contributed by atoms with van der Waals surface area (Å²) in [5.41, 5.74) is 1.76. The molecule has 3 aromatic carbocycles. The van der Waals surface area contributed by atoms with Crippen LogP contribution in [-0.2, 0) is 9.16 Å². The van der Waals surface area contributed by atoms with Crippen LogP contribution in [0.1, 0.15) is 103 Å².